The molecular formula is C10H12N2O3S. The van der Waals surface area contributed by atoms with Crippen LogP contribution in [0.15, 0.2) is 17.5 Å². The number of nitrogens with zero attached hydrogens (tertiary/aromatic N) is 1. The number of amides is 1. The molecular weight excluding hydrogens is 228 g/mol. The lowest BCUT2D eigenvalue weighted by Crippen LogP contribution is -2.36. The van der Waals surface area contributed by atoms with Crippen molar-refractivity contribution in [3.63, 3.8) is 0 Å². The zero-order valence-corrected chi connectivity index (χ0v) is 9.62. The zero-order valence-electron chi connectivity index (χ0n) is 8.80. The van der Waals surface area contributed by atoms with Gasteiger partial charge in [0.05, 0.1) is 17.6 Å². The van der Waals surface area contributed by atoms with Crippen LogP contribution in [0.3, 0.4) is 0 Å². The molecule has 0 aliphatic carbocycles. The molecule has 0 saturated carbocycles. The van der Waals surface area contributed by atoms with Crippen molar-refractivity contribution in [2.24, 2.45) is 0 Å². The maximum Gasteiger partial charge on any atom is 0.262 e. The van der Waals surface area contributed by atoms with Gasteiger partial charge in [0.15, 0.2) is 0 Å². The van der Waals surface area contributed by atoms with E-state index >= 15 is 0 Å². The second kappa shape index (κ2) is 6.95. The van der Waals surface area contributed by atoms with E-state index in [1.807, 2.05) is 6.07 Å². The van der Waals surface area contributed by atoms with Gasteiger partial charge in [-0.25, -0.2) is 9.78 Å². The number of carbonyl (C=O) groups is 1. The Morgan fingerprint density at radius 2 is 2.50 bits per heavy atom. The highest BCUT2D eigenvalue weighted by Crippen LogP contribution is 2.08. The van der Waals surface area contributed by atoms with Gasteiger partial charge in [0.25, 0.3) is 5.91 Å². The molecule has 1 aromatic heterocycles. The fourth-order valence-corrected chi connectivity index (χ4v) is 1.57. The Labute approximate surface area is 97.5 Å². The van der Waals surface area contributed by atoms with Gasteiger partial charge in [-0.15, -0.1) is 11.3 Å². The van der Waals surface area contributed by atoms with Gasteiger partial charge in [0.1, 0.15) is 12.6 Å². The van der Waals surface area contributed by atoms with Gasteiger partial charge in [-0.05, 0) is 18.4 Å². The molecule has 0 aliphatic heterocycles. The van der Waals surface area contributed by atoms with E-state index in [2.05, 4.69) is 10.2 Å². The molecule has 0 aliphatic rings. The van der Waals surface area contributed by atoms with Crippen LogP contribution in [0.5, 0.6) is 0 Å². The molecule has 0 fully saturated rings. The summed E-state index contributed by atoms with van der Waals surface area (Å²) in [4.78, 5) is 21.5. The Balaban J connectivity index is 2.39. The number of hydrogen-bond donors (Lipinski definition) is 1. The molecule has 1 amide bonds. The van der Waals surface area contributed by atoms with E-state index in [0.29, 0.717) is 11.5 Å². The minimum absolute atomic E-state index is 0.0153. The van der Waals surface area contributed by atoms with Crippen molar-refractivity contribution in [3.8, 4) is 6.07 Å². The summed E-state index contributed by atoms with van der Waals surface area (Å²) in [5.41, 5.74) is 0. The average Bonchev–Trinajstić information content (AvgIpc) is 2.81. The Hall–Kier alpha value is -1.42. The van der Waals surface area contributed by atoms with Crippen molar-refractivity contribution in [2.45, 2.75) is 13.0 Å². The van der Waals surface area contributed by atoms with Gasteiger partial charge in [-0.2, -0.15) is 5.26 Å². The average molecular weight is 240 g/mol. The Morgan fingerprint density at radius 3 is 3.06 bits per heavy atom. The van der Waals surface area contributed by atoms with Gasteiger partial charge in [-0.3, -0.25) is 4.79 Å². The van der Waals surface area contributed by atoms with Crippen molar-refractivity contribution in [2.75, 3.05) is 13.2 Å². The van der Waals surface area contributed by atoms with Gasteiger partial charge in [0, 0.05) is 0 Å². The fraction of sp³-hybridized carbons (Fsp3) is 0.400. The van der Waals surface area contributed by atoms with Crippen molar-refractivity contribution >= 4 is 17.2 Å². The predicted molar refractivity (Wildman–Crippen MR) is 58.8 cm³/mol. The van der Waals surface area contributed by atoms with E-state index in [1.165, 1.54) is 11.3 Å². The number of rotatable bonds is 6. The molecule has 0 bridgehead atoms. The first kappa shape index (κ1) is 12.6. The Bertz CT molecular complexity index is 359. The van der Waals surface area contributed by atoms with E-state index in [-0.39, 0.29) is 12.5 Å². The summed E-state index contributed by atoms with van der Waals surface area (Å²) in [5, 5.41) is 13.1. The maximum atomic E-state index is 11.6. The van der Waals surface area contributed by atoms with Crippen LogP contribution in [0, 0.1) is 11.3 Å². The molecule has 86 valence electrons. The highest BCUT2D eigenvalue weighted by Gasteiger charge is 2.14. The molecule has 1 heterocycles. The molecule has 1 atom stereocenters. The third-order valence-electron chi connectivity index (χ3n) is 1.64. The normalized spacial score (nSPS) is 11.8. The predicted octanol–water partition coefficient (Wildman–Crippen LogP) is 1.34. The van der Waals surface area contributed by atoms with E-state index in [9.17, 15) is 4.79 Å². The standard InChI is InChI=1S/C10H12N2O3S/c1-2-14-15-7-8(6-11)12-10(13)9-4-3-5-16-9/h3-5,8H,2,7H2,1H3,(H,12,13). The van der Waals surface area contributed by atoms with E-state index in [0.717, 1.165) is 0 Å². The summed E-state index contributed by atoms with van der Waals surface area (Å²) < 4.78 is 0. The molecule has 6 heteroatoms. The van der Waals surface area contributed by atoms with E-state index < -0.39 is 6.04 Å². The third kappa shape index (κ3) is 3.98. The Morgan fingerprint density at radius 1 is 1.69 bits per heavy atom. The quantitative estimate of drug-likeness (QED) is 0.462. The zero-order chi connectivity index (χ0) is 11.8. The van der Waals surface area contributed by atoms with Crippen molar-refractivity contribution < 1.29 is 14.6 Å². The number of hydrogen-bond acceptors (Lipinski definition) is 5. The van der Waals surface area contributed by atoms with Gasteiger partial charge < -0.3 is 5.32 Å². The van der Waals surface area contributed by atoms with Crippen molar-refractivity contribution in [3.05, 3.63) is 22.4 Å². The molecule has 16 heavy (non-hydrogen) atoms. The van der Waals surface area contributed by atoms with Crippen LogP contribution in [-0.2, 0) is 9.78 Å². The van der Waals surface area contributed by atoms with Gasteiger partial charge in [0.2, 0.25) is 0 Å². The lowest BCUT2D eigenvalue weighted by Gasteiger charge is -2.09. The van der Waals surface area contributed by atoms with E-state index in [1.54, 1.807) is 24.4 Å². The molecule has 1 unspecified atom stereocenters. The SMILES string of the molecule is CCOOCC(C#N)NC(=O)c1cccs1. The summed E-state index contributed by atoms with van der Waals surface area (Å²) in [6.07, 6.45) is 0. The minimum Gasteiger partial charge on any atom is -0.333 e. The maximum absolute atomic E-state index is 11.6. The largest absolute Gasteiger partial charge is 0.333 e. The van der Waals surface area contributed by atoms with Crippen molar-refractivity contribution in [1.29, 1.82) is 5.26 Å². The smallest absolute Gasteiger partial charge is 0.262 e. The number of carbonyl (C=O) groups excluding carboxylic acids is 1. The summed E-state index contributed by atoms with van der Waals surface area (Å²) in [5.74, 6) is -0.276. The van der Waals surface area contributed by atoms with Crippen LogP contribution in [0.2, 0.25) is 0 Å². The number of thiophene rings is 1. The second-order valence-corrected chi connectivity index (χ2v) is 3.77. The molecule has 0 spiro atoms. The molecule has 1 aromatic rings. The highest BCUT2D eigenvalue weighted by atomic mass is 32.1. The molecule has 0 radical (unpaired) electrons. The first-order chi connectivity index (χ1) is 7.77. The third-order valence-corrected chi connectivity index (χ3v) is 2.51. The monoisotopic (exact) mass is 240 g/mol. The number of nitriles is 1. The molecule has 1 rings (SSSR count). The lowest BCUT2D eigenvalue weighted by molar-refractivity contribution is -0.292. The first-order valence-electron chi connectivity index (χ1n) is 4.76. The van der Waals surface area contributed by atoms with Gasteiger partial charge in [-0.1, -0.05) is 6.07 Å². The van der Waals surface area contributed by atoms with Crippen LogP contribution >= 0.6 is 11.3 Å². The van der Waals surface area contributed by atoms with Gasteiger partial charge >= 0.3 is 0 Å². The minimum atomic E-state index is -0.707. The highest BCUT2D eigenvalue weighted by molar-refractivity contribution is 7.12. The van der Waals surface area contributed by atoms with Crippen LogP contribution in [0.4, 0.5) is 0 Å². The molecule has 5 nitrogen and oxygen atoms in total. The summed E-state index contributed by atoms with van der Waals surface area (Å²) in [6.45, 7) is 2.18. The molecule has 0 saturated heterocycles. The van der Waals surface area contributed by atoms with Crippen LogP contribution in [-0.4, -0.2) is 25.2 Å². The molecule has 1 N–H and O–H groups in total. The molecule has 0 aromatic carbocycles. The Kier molecular flexibility index (Phi) is 5.50. The summed E-state index contributed by atoms with van der Waals surface area (Å²) >= 11 is 1.32. The lowest BCUT2D eigenvalue weighted by atomic mass is 10.3. The van der Waals surface area contributed by atoms with Crippen molar-refractivity contribution in [1.82, 2.24) is 5.32 Å². The van der Waals surface area contributed by atoms with E-state index in [4.69, 9.17) is 10.1 Å². The van der Waals surface area contributed by atoms with Crippen LogP contribution in [0.25, 0.3) is 0 Å². The van der Waals surface area contributed by atoms with Crippen LogP contribution in [0.1, 0.15) is 16.6 Å². The summed E-state index contributed by atoms with van der Waals surface area (Å²) in [6, 6.07) is 4.68. The van der Waals surface area contributed by atoms with Crippen LogP contribution < -0.4 is 5.32 Å². The first-order valence-corrected chi connectivity index (χ1v) is 5.64. The fourth-order valence-electron chi connectivity index (χ4n) is 0.948. The second-order valence-electron chi connectivity index (χ2n) is 2.82. The number of nitrogens with one attached hydrogen (secondary N) is 1. The summed E-state index contributed by atoms with van der Waals surface area (Å²) in [7, 11) is 0. The topological polar surface area (TPSA) is 71.3 Å².